The Hall–Kier alpha value is -2.43. The van der Waals surface area contributed by atoms with Crippen molar-refractivity contribution in [3.63, 3.8) is 0 Å². The molecule has 0 fully saturated rings. The summed E-state index contributed by atoms with van der Waals surface area (Å²) in [6, 6.07) is 7.65. The van der Waals surface area contributed by atoms with Gasteiger partial charge in [0.1, 0.15) is 11.4 Å². The van der Waals surface area contributed by atoms with Crippen LogP contribution in [0.4, 0.5) is 5.69 Å². The van der Waals surface area contributed by atoms with Crippen LogP contribution in [0, 0.1) is 0 Å². The molecular weight excluding hydrogens is 326 g/mol. The number of ether oxygens (including phenoxy) is 1. The Morgan fingerprint density at radius 1 is 1.54 bits per heavy atom. The van der Waals surface area contributed by atoms with E-state index < -0.39 is 5.60 Å². The highest BCUT2D eigenvalue weighted by molar-refractivity contribution is 6.30. The van der Waals surface area contributed by atoms with Crippen molar-refractivity contribution < 1.29 is 4.74 Å². The molecule has 124 valence electrons. The zero-order valence-corrected chi connectivity index (χ0v) is 14.3. The minimum Gasteiger partial charge on any atom is -0.486 e. The van der Waals surface area contributed by atoms with Crippen LogP contribution < -0.4 is 10.1 Å². The first-order valence-electron chi connectivity index (χ1n) is 7.69. The Bertz CT molecular complexity index is 791. The second-order valence-electron chi connectivity index (χ2n) is 6.21. The van der Waals surface area contributed by atoms with Gasteiger partial charge in [0.2, 0.25) is 0 Å². The maximum Gasteiger partial charge on any atom is 0.128 e. The number of hydrogen-bond acceptors (Lipinski definition) is 4. The van der Waals surface area contributed by atoms with E-state index in [2.05, 4.69) is 20.3 Å². The van der Waals surface area contributed by atoms with E-state index in [-0.39, 0.29) is 12.6 Å². The van der Waals surface area contributed by atoms with Crippen molar-refractivity contribution in [3.8, 4) is 5.75 Å². The normalized spacial score (nSPS) is 19.8. The largest absolute Gasteiger partial charge is 0.486 e. The molecule has 0 aliphatic carbocycles. The number of nitrogens with one attached hydrogen (secondary N) is 1. The van der Waals surface area contributed by atoms with Crippen LogP contribution in [0.15, 0.2) is 41.8 Å². The molecule has 2 heterocycles. The van der Waals surface area contributed by atoms with Gasteiger partial charge in [-0.1, -0.05) is 16.7 Å². The molecule has 0 radical (unpaired) electrons. The average molecular weight is 344 g/mol. The predicted molar refractivity (Wildman–Crippen MR) is 94.5 cm³/mol. The number of nitrogens with zero attached hydrogens (tertiary/aromatic N) is 4. The van der Waals surface area contributed by atoms with Crippen LogP contribution in [0.3, 0.4) is 0 Å². The molecule has 0 spiro atoms. The van der Waals surface area contributed by atoms with E-state index in [0.717, 1.165) is 22.6 Å². The first-order valence-corrected chi connectivity index (χ1v) is 8.07. The second-order valence-corrected chi connectivity index (χ2v) is 6.65. The Morgan fingerprint density at radius 3 is 3.08 bits per heavy atom. The van der Waals surface area contributed by atoms with Crippen molar-refractivity contribution in [1.29, 1.82) is 0 Å². The predicted octanol–water partition coefficient (Wildman–Crippen LogP) is 4.91. The SMILES string of the molecule is CC(Nc1cccnc1)c1cc(Cl)cc2c1OC(C)(CN=[N+]=[N-])C2. The number of aromatic nitrogens is 1. The summed E-state index contributed by atoms with van der Waals surface area (Å²) in [5, 5.41) is 7.74. The molecule has 1 aromatic heterocycles. The molecule has 24 heavy (non-hydrogen) atoms. The van der Waals surface area contributed by atoms with Gasteiger partial charge in [0, 0.05) is 34.3 Å². The van der Waals surface area contributed by atoms with Gasteiger partial charge in [-0.15, -0.1) is 0 Å². The van der Waals surface area contributed by atoms with E-state index in [4.69, 9.17) is 21.9 Å². The highest BCUT2D eigenvalue weighted by atomic mass is 35.5. The van der Waals surface area contributed by atoms with Gasteiger partial charge in [0.25, 0.3) is 0 Å². The zero-order valence-electron chi connectivity index (χ0n) is 13.5. The minimum atomic E-state index is -0.540. The molecule has 2 unspecified atom stereocenters. The Balaban J connectivity index is 1.90. The fourth-order valence-electron chi connectivity index (χ4n) is 2.98. The van der Waals surface area contributed by atoms with Gasteiger partial charge in [0.05, 0.1) is 18.3 Å². The fraction of sp³-hybridized carbons (Fsp3) is 0.353. The smallest absolute Gasteiger partial charge is 0.128 e. The molecule has 1 aromatic carbocycles. The van der Waals surface area contributed by atoms with Gasteiger partial charge in [-0.2, -0.15) is 0 Å². The van der Waals surface area contributed by atoms with E-state index in [9.17, 15) is 0 Å². The Labute approximate surface area is 145 Å². The number of azide groups is 1. The van der Waals surface area contributed by atoms with Crippen molar-refractivity contribution in [2.24, 2.45) is 5.11 Å². The van der Waals surface area contributed by atoms with Gasteiger partial charge in [0.15, 0.2) is 0 Å². The van der Waals surface area contributed by atoms with Gasteiger partial charge in [-0.05, 0) is 49.2 Å². The summed E-state index contributed by atoms with van der Waals surface area (Å²) in [6.07, 6.45) is 4.17. The van der Waals surface area contributed by atoms with Crippen LogP contribution in [-0.4, -0.2) is 17.1 Å². The van der Waals surface area contributed by atoms with Crippen molar-refractivity contribution in [2.75, 3.05) is 11.9 Å². The standard InChI is InChI=1S/C17H18ClN5O/c1-11(22-14-4-3-5-20-9-14)15-7-13(18)6-12-8-17(2,10-21-23-19)24-16(12)15/h3-7,9,11,22H,8,10H2,1-2H3. The molecule has 0 amide bonds. The van der Waals surface area contributed by atoms with Crippen LogP contribution >= 0.6 is 11.6 Å². The quantitative estimate of drug-likeness (QED) is 0.475. The monoisotopic (exact) mass is 343 g/mol. The number of benzene rings is 1. The number of pyridine rings is 1. The molecule has 1 aliphatic rings. The van der Waals surface area contributed by atoms with Gasteiger partial charge < -0.3 is 10.1 Å². The lowest BCUT2D eigenvalue weighted by molar-refractivity contribution is 0.124. The van der Waals surface area contributed by atoms with Crippen molar-refractivity contribution in [2.45, 2.75) is 31.9 Å². The number of halogens is 1. The van der Waals surface area contributed by atoms with Crippen LogP contribution in [0.5, 0.6) is 5.75 Å². The number of fused-ring (bicyclic) bond motifs is 1. The van der Waals surface area contributed by atoms with Crippen LogP contribution in [0.2, 0.25) is 5.02 Å². The maximum atomic E-state index is 8.57. The zero-order chi connectivity index (χ0) is 17.2. The van der Waals surface area contributed by atoms with Crippen LogP contribution in [-0.2, 0) is 6.42 Å². The number of anilines is 1. The third-order valence-corrected chi connectivity index (χ3v) is 4.27. The molecule has 2 aromatic rings. The van der Waals surface area contributed by atoms with E-state index in [1.54, 1.807) is 12.4 Å². The van der Waals surface area contributed by atoms with Gasteiger partial charge in [-0.25, -0.2) is 0 Å². The molecule has 2 atom stereocenters. The van der Waals surface area contributed by atoms with Crippen LogP contribution in [0.25, 0.3) is 10.4 Å². The summed E-state index contributed by atoms with van der Waals surface area (Å²) in [6.45, 7) is 4.27. The Kier molecular flexibility index (Phi) is 4.51. The van der Waals surface area contributed by atoms with E-state index >= 15 is 0 Å². The van der Waals surface area contributed by atoms with Crippen molar-refractivity contribution in [3.05, 3.63) is 63.3 Å². The van der Waals surface area contributed by atoms with Crippen molar-refractivity contribution >= 4 is 17.3 Å². The summed E-state index contributed by atoms with van der Waals surface area (Å²) in [4.78, 5) is 6.95. The van der Waals surface area contributed by atoms with Crippen LogP contribution in [0.1, 0.15) is 31.0 Å². The summed E-state index contributed by atoms with van der Waals surface area (Å²) in [7, 11) is 0. The molecule has 0 saturated heterocycles. The highest BCUT2D eigenvalue weighted by Gasteiger charge is 2.36. The van der Waals surface area contributed by atoms with Gasteiger partial charge in [-0.3, -0.25) is 4.98 Å². The number of rotatable bonds is 5. The first-order chi connectivity index (χ1) is 11.5. The van der Waals surface area contributed by atoms with E-state index in [0.29, 0.717) is 11.4 Å². The van der Waals surface area contributed by atoms with E-state index in [1.807, 2.05) is 38.1 Å². The molecule has 6 nitrogen and oxygen atoms in total. The molecular formula is C17H18ClN5O. The average Bonchev–Trinajstić information content (AvgIpc) is 2.89. The summed E-state index contributed by atoms with van der Waals surface area (Å²) >= 11 is 6.30. The fourth-order valence-corrected chi connectivity index (χ4v) is 3.23. The molecule has 1 aliphatic heterocycles. The molecule has 1 N–H and O–H groups in total. The third-order valence-electron chi connectivity index (χ3n) is 4.05. The molecule has 3 rings (SSSR count). The topological polar surface area (TPSA) is 82.9 Å². The second kappa shape index (κ2) is 6.59. The summed E-state index contributed by atoms with van der Waals surface area (Å²) in [5.74, 6) is 0.818. The summed E-state index contributed by atoms with van der Waals surface area (Å²) < 4.78 is 6.16. The van der Waals surface area contributed by atoms with E-state index in [1.165, 1.54) is 0 Å². The minimum absolute atomic E-state index is 0.0107. The molecule has 0 saturated carbocycles. The lowest BCUT2D eigenvalue weighted by Crippen LogP contribution is -2.33. The molecule has 7 heteroatoms. The lowest BCUT2D eigenvalue weighted by Gasteiger charge is -2.23. The first kappa shape index (κ1) is 16.4. The highest BCUT2D eigenvalue weighted by Crippen LogP contribution is 2.42. The Morgan fingerprint density at radius 2 is 2.38 bits per heavy atom. The summed E-state index contributed by atoms with van der Waals surface area (Å²) in [5.41, 5.74) is 11.0. The van der Waals surface area contributed by atoms with Gasteiger partial charge >= 0.3 is 0 Å². The number of hydrogen-bond donors (Lipinski definition) is 1. The molecule has 0 bridgehead atoms. The maximum absolute atomic E-state index is 8.57. The van der Waals surface area contributed by atoms with Crippen molar-refractivity contribution in [1.82, 2.24) is 4.98 Å². The third kappa shape index (κ3) is 3.40. The lowest BCUT2D eigenvalue weighted by atomic mass is 9.97.